The van der Waals surface area contributed by atoms with Gasteiger partial charge in [0.2, 0.25) is 0 Å². The number of ether oxygens (including phenoxy) is 4. The van der Waals surface area contributed by atoms with Gasteiger partial charge in [-0.05, 0) is 50.6 Å². The number of carbonyl (C=O) groups is 2. The van der Waals surface area contributed by atoms with Crippen molar-refractivity contribution in [1.82, 2.24) is 10.3 Å². The Morgan fingerprint density at radius 2 is 1.74 bits per heavy atom. The van der Waals surface area contributed by atoms with Crippen molar-refractivity contribution in [2.75, 3.05) is 14.2 Å². The Morgan fingerprint density at radius 3 is 2.39 bits per heavy atom. The Balaban J connectivity index is 1.82. The van der Waals surface area contributed by atoms with Crippen LogP contribution in [0.5, 0.6) is 23.0 Å². The van der Waals surface area contributed by atoms with Gasteiger partial charge < -0.3 is 29.4 Å². The minimum absolute atomic E-state index is 0.0528. The molecule has 0 fully saturated rings. The number of aromatic hydroxyl groups is 1. The highest BCUT2D eigenvalue weighted by atomic mass is 35.5. The van der Waals surface area contributed by atoms with Crippen LogP contribution in [0.2, 0.25) is 5.02 Å². The van der Waals surface area contributed by atoms with Crippen LogP contribution >= 0.6 is 11.6 Å². The standard InChI is InChI=1S/C27H28ClFN2O7/c1-14-6-9-20(19(28)12-14)38-25(18-8-7-17(29)13-22(18)36-5)16(3)37-27(34)15(2)31-26(33)23-24(32)21(35-4)10-11-30-23/h6-13,15-16,25,32H,1-5H3,(H,31,33)/t15-,16?,25-/m0/s1. The smallest absolute Gasteiger partial charge is 0.328 e. The number of amides is 1. The number of aromatic nitrogens is 1. The van der Waals surface area contributed by atoms with Gasteiger partial charge in [0, 0.05) is 23.9 Å². The third kappa shape index (κ3) is 6.63. The van der Waals surface area contributed by atoms with E-state index in [-0.39, 0.29) is 17.2 Å². The summed E-state index contributed by atoms with van der Waals surface area (Å²) in [6, 6.07) is 9.33. The Kier molecular flexibility index (Phi) is 9.35. The van der Waals surface area contributed by atoms with Gasteiger partial charge in [0.05, 0.1) is 19.2 Å². The molecule has 1 heterocycles. The molecule has 2 aromatic carbocycles. The van der Waals surface area contributed by atoms with Crippen molar-refractivity contribution >= 4 is 23.5 Å². The molecule has 0 aliphatic carbocycles. The third-order valence-corrected chi connectivity index (χ3v) is 5.89. The quantitative estimate of drug-likeness (QED) is 0.349. The number of benzene rings is 2. The molecule has 0 bridgehead atoms. The first kappa shape index (κ1) is 28.5. The van der Waals surface area contributed by atoms with Crippen molar-refractivity contribution in [2.45, 2.75) is 39.0 Å². The molecule has 1 aromatic heterocycles. The Morgan fingerprint density at radius 1 is 1.03 bits per heavy atom. The first-order valence-electron chi connectivity index (χ1n) is 11.5. The average molecular weight is 547 g/mol. The third-order valence-electron chi connectivity index (χ3n) is 5.60. The van der Waals surface area contributed by atoms with Gasteiger partial charge in [-0.2, -0.15) is 0 Å². The van der Waals surface area contributed by atoms with Gasteiger partial charge in [-0.15, -0.1) is 0 Å². The van der Waals surface area contributed by atoms with Crippen molar-refractivity contribution in [2.24, 2.45) is 0 Å². The second-order valence-electron chi connectivity index (χ2n) is 8.41. The van der Waals surface area contributed by atoms with E-state index in [1.807, 2.05) is 6.92 Å². The number of aryl methyl sites for hydroxylation is 1. The number of halogens is 2. The van der Waals surface area contributed by atoms with Crippen LogP contribution in [-0.4, -0.2) is 48.3 Å². The number of pyridine rings is 1. The number of nitrogens with one attached hydrogen (secondary N) is 1. The van der Waals surface area contributed by atoms with E-state index in [0.29, 0.717) is 16.3 Å². The summed E-state index contributed by atoms with van der Waals surface area (Å²) in [4.78, 5) is 29.4. The van der Waals surface area contributed by atoms with E-state index in [9.17, 15) is 19.1 Å². The lowest BCUT2D eigenvalue weighted by atomic mass is 10.0. The fourth-order valence-electron chi connectivity index (χ4n) is 3.61. The van der Waals surface area contributed by atoms with Crippen molar-refractivity contribution in [3.63, 3.8) is 0 Å². The Hall–Kier alpha value is -4.05. The van der Waals surface area contributed by atoms with Gasteiger partial charge in [-0.3, -0.25) is 4.79 Å². The van der Waals surface area contributed by atoms with Gasteiger partial charge in [0.1, 0.15) is 29.5 Å². The van der Waals surface area contributed by atoms with Crippen molar-refractivity contribution < 1.29 is 38.0 Å². The minimum Gasteiger partial charge on any atom is -0.503 e. The average Bonchev–Trinajstić information content (AvgIpc) is 2.88. The summed E-state index contributed by atoms with van der Waals surface area (Å²) in [5.41, 5.74) is 1.01. The number of hydrogen-bond donors (Lipinski definition) is 2. The van der Waals surface area contributed by atoms with Crippen LogP contribution in [0.25, 0.3) is 0 Å². The number of hydrogen-bond acceptors (Lipinski definition) is 8. The summed E-state index contributed by atoms with van der Waals surface area (Å²) in [5.74, 6) is -2.03. The van der Waals surface area contributed by atoms with Crippen LogP contribution in [0.1, 0.15) is 41.6 Å². The summed E-state index contributed by atoms with van der Waals surface area (Å²) < 4.78 is 36.0. The molecule has 3 atom stereocenters. The van der Waals surface area contributed by atoms with E-state index < -0.39 is 41.7 Å². The van der Waals surface area contributed by atoms with Crippen molar-refractivity contribution in [3.05, 3.63) is 76.3 Å². The van der Waals surface area contributed by atoms with Gasteiger partial charge in [0.15, 0.2) is 23.3 Å². The molecule has 3 aromatic rings. The molecule has 0 saturated heterocycles. The SMILES string of the molecule is COc1cc(F)ccc1[C@@H](Oc1ccc(C)cc1Cl)C(C)OC(=O)[C@H](C)NC(=O)c1nccc(OC)c1O. The molecular formula is C27H28ClFN2O7. The minimum atomic E-state index is -1.13. The molecule has 0 saturated carbocycles. The van der Waals surface area contributed by atoms with Gasteiger partial charge in [-0.25, -0.2) is 14.2 Å². The number of rotatable bonds is 10. The van der Waals surface area contributed by atoms with Crippen LogP contribution < -0.4 is 19.5 Å². The van der Waals surface area contributed by atoms with E-state index in [1.165, 1.54) is 51.6 Å². The number of carbonyl (C=O) groups excluding carboxylic acids is 2. The highest BCUT2D eigenvalue weighted by Crippen LogP contribution is 2.36. The maximum atomic E-state index is 13.9. The van der Waals surface area contributed by atoms with Gasteiger partial charge in [0.25, 0.3) is 5.91 Å². The predicted molar refractivity (Wildman–Crippen MR) is 137 cm³/mol. The Bertz CT molecular complexity index is 1320. The summed E-state index contributed by atoms with van der Waals surface area (Å²) in [6.45, 7) is 4.86. The maximum Gasteiger partial charge on any atom is 0.328 e. The zero-order valence-electron chi connectivity index (χ0n) is 21.5. The van der Waals surface area contributed by atoms with Crippen molar-refractivity contribution in [3.8, 4) is 23.0 Å². The predicted octanol–water partition coefficient (Wildman–Crippen LogP) is 4.78. The molecule has 0 spiro atoms. The number of esters is 1. The molecule has 1 unspecified atom stereocenters. The molecule has 3 rings (SSSR count). The summed E-state index contributed by atoms with van der Waals surface area (Å²) in [6.07, 6.45) is -0.615. The monoisotopic (exact) mass is 546 g/mol. The molecule has 0 aliphatic heterocycles. The Labute approximate surface area is 224 Å². The lowest BCUT2D eigenvalue weighted by molar-refractivity contribution is -0.154. The van der Waals surface area contributed by atoms with Crippen LogP contribution in [0.4, 0.5) is 4.39 Å². The molecule has 2 N–H and O–H groups in total. The van der Waals surface area contributed by atoms with E-state index in [0.717, 1.165) is 5.56 Å². The zero-order chi connectivity index (χ0) is 28.0. The molecule has 202 valence electrons. The van der Waals surface area contributed by atoms with Crippen LogP contribution in [-0.2, 0) is 9.53 Å². The first-order valence-corrected chi connectivity index (χ1v) is 11.9. The van der Waals surface area contributed by atoms with E-state index in [4.69, 9.17) is 30.5 Å². The van der Waals surface area contributed by atoms with Crippen LogP contribution in [0, 0.1) is 12.7 Å². The second-order valence-corrected chi connectivity index (χ2v) is 8.81. The van der Waals surface area contributed by atoms with Crippen molar-refractivity contribution in [1.29, 1.82) is 0 Å². The second kappa shape index (κ2) is 12.5. The molecule has 9 nitrogen and oxygen atoms in total. The van der Waals surface area contributed by atoms with E-state index in [1.54, 1.807) is 25.1 Å². The first-order chi connectivity index (χ1) is 18.0. The molecular weight excluding hydrogens is 519 g/mol. The van der Waals surface area contributed by atoms with Crippen LogP contribution in [0.15, 0.2) is 48.7 Å². The molecule has 0 aliphatic rings. The normalized spacial score (nSPS) is 13.1. The van der Waals surface area contributed by atoms with Gasteiger partial charge in [-0.1, -0.05) is 17.7 Å². The summed E-state index contributed by atoms with van der Waals surface area (Å²) in [7, 11) is 2.71. The zero-order valence-corrected chi connectivity index (χ0v) is 22.2. The lowest BCUT2D eigenvalue weighted by Gasteiger charge is -2.28. The summed E-state index contributed by atoms with van der Waals surface area (Å²) in [5, 5.41) is 12.9. The van der Waals surface area contributed by atoms with E-state index in [2.05, 4.69) is 10.3 Å². The summed E-state index contributed by atoms with van der Waals surface area (Å²) >= 11 is 6.36. The number of nitrogens with zero attached hydrogens (tertiary/aromatic N) is 1. The number of methoxy groups -OCH3 is 2. The topological polar surface area (TPSA) is 116 Å². The van der Waals surface area contributed by atoms with E-state index >= 15 is 0 Å². The molecule has 1 amide bonds. The van der Waals surface area contributed by atoms with Gasteiger partial charge >= 0.3 is 5.97 Å². The largest absolute Gasteiger partial charge is 0.503 e. The molecule has 11 heteroatoms. The highest BCUT2D eigenvalue weighted by Gasteiger charge is 2.31. The molecule has 0 radical (unpaired) electrons. The van der Waals surface area contributed by atoms with Crippen LogP contribution in [0.3, 0.4) is 0 Å². The maximum absolute atomic E-state index is 13.9. The lowest BCUT2D eigenvalue weighted by Crippen LogP contribution is -2.42. The highest BCUT2D eigenvalue weighted by molar-refractivity contribution is 6.32. The molecule has 38 heavy (non-hydrogen) atoms. The fraction of sp³-hybridized carbons (Fsp3) is 0.296. The fourth-order valence-corrected chi connectivity index (χ4v) is 3.89.